The maximum atomic E-state index is 13.0. The van der Waals surface area contributed by atoms with Crippen molar-refractivity contribution >= 4 is 23.6 Å². The van der Waals surface area contributed by atoms with E-state index in [1.807, 2.05) is 0 Å². The predicted molar refractivity (Wildman–Crippen MR) is 81.4 cm³/mol. The summed E-state index contributed by atoms with van der Waals surface area (Å²) >= 11 is 5.69. The van der Waals surface area contributed by atoms with E-state index in [-0.39, 0.29) is 29.5 Å². The van der Waals surface area contributed by atoms with Crippen LogP contribution in [-0.2, 0) is 4.79 Å². The zero-order valence-corrected chi connectivity index (χ0v) is 12.4. The topological polar surface area (TPSA) is 49.3 Å². The predicted octanol–water partition coefficient (Wildman–Crippen LogP) is 3.16. The zero-order valence-electron chi connectivity index (χ0n) is 11.7. The normalized spacial score (nSPS) is 22.4. The quantitative estimate of drug-likeness (QED) is 0.839. The highest BCUT2D eigenvalue weighted by molar-refractivity contribution is 6.30. The average molecular weight is 312 g/mol. The lowest BCUT2D eigenvalue weighted by Gasteiger charge is -2.30. The number of aliphatic hydroxyl groups excluding tert-OH is 1. The second-order valence-electron chi connectivity index (χ2n) is 5.35. The molecule has 0 heterocycles. The van der Waals surface area contributed by atoms with Gasteiger partial charge in [-0.05, 0) is 36.6 Å². The van der Waals surface area contributed by atoms with Gasteiger partial charge in [0.2, 0.25) is 5.91 Å². The Balaban J connectivity index is 1.94. The smallest absolute Gasteiger partial charge is 0.244 e. The molecule has 21 heavy (non-hydrogen) atoms. The van der Waals surface area contributed by atoms with Gasteiger partial charge in [-0.2, -0.15) is 0 Å². The maximum absolute atomic E-state index is 13.0. The maximum Gasteiger partial charge on any atom is 0.244 e. The van der Waals surface area contributed by atoms with E-state index in [9.17, 15) is 14.3 Å². The first-order valence-corrected chi connectivity index (χ1v) is 7.52. The lowest BCUT2D eigenvalue weighted by Crippen LogP contribution is -2.42. The summed E-state index contributed by atoms with van der Waals surface area (Å²) < 4.78 is 13.0. The highest BCUT2D eigenvalue weighted by Gasteiger charge is 2.25. The number of benzene rings is 1. The number of amides is 1. The van der Waals surface area contributed by atoms with Crippen LogP contribution >= 0.6 is 11.6 Å². The van der Waals surface area contributed by atoms with Gasteiger partial charge in [0.05, 0.1) is 5.02 Å². The number of carbonyl (C=O) groups excluding carboxylic acids is 1. The Kier molecular flexibility index (Phi) is 5.76. The molecule has 1 aliphatic carbocycles. The van der Waals surface area contributed by atoms with Crippen molar-refractivity contribution in [2.75, 3.05) is 6.61 Å². The summed E-state index contributed by atoms with van der Waals surface area (Å²) in [4.78, 5) is 11.9. The largest absolute Gasteiger partial charge is 0.396 e. The summed E-state index contributed by atoms with van der Waals surface area (Å²) in [5.41, 5.74) is 0.666. The summed E-state index contributed by atoms with van der Waals surface area (Å²) in [5.74, 6) is -0.552. The fraction of sp³-hybridized carbons (Fsp3) is 0.438. The minimum atomic E-state index is -0.480. The van der Waals surface area contributed by atoms with Crippen LogP contribution in [0.4, 0.5) is 4.39 Å². The molecular formula is C16H19ClFNO2. The summed E-state index contributed by atoms with van der Waals surface area (Å²) in [6.07, 6.45) is 7.01. The number of aliphatic hydroxyl groups is 1. The highest BCUT2D eigenvalue weighted by atomic mass is 35.5. The fourth-order valence-electron chi connectivity index (χ4n) is 2.64. The Bertz CT molecular complexity index is 533. The third-order valence-corrected chi connectivity index (χ3v) is 4.13. The van der Waals surface area contributed by atoms with Gasteiger partial charge in [-0.3, -0.25) is 4.79 Å². The lowest BCUT2D eigenvalue weighted by atomic mass is 9.85. The number of carbonyl (C=O) groups is 1. The van der Waals surface area contributed by atoms with Crippen LogP contribution in [-0.4, -0.2) is 23.7 Å². The minimum absolute atomic E-state index is 0.0257. The summed E-state index contributed by atoms with van der Waals surface area (Å²) in [6, 6.07) is 4.32. The Morgan fingerprint density at radius 1 is 1.43 bits per heavy atom. The molecule has 0 spiro atoms. The van der Waals surface area contributed by atoms with Crippen molar-refractivity contribution in [1.29, 1.82) is 0 Å². The van der Waals surface area contributed by atoms with Crippen molar-refractivity contribution in [2.45, 2.75) is 31.7 Å². The minimum Gasteiger partial charge on any atom is -0.396 e. The number of nitrogens with one attached hydrogen (secondary N) is 1. The second-order valence-corrected chi connectivity index (χ2v) is 5.76. The van der Waals surface area contributed by atoms with Gasteiger partial charge in [0, 0.05) is 24.6 Å². The molecule has 0 radical (unpaired) electrons. The van der Waals surface area contributed by atoms with E-state index < -0.39 is 5.82 Å². The molecule has 3 nitrogen and oxygen atoms in total. The number of hydrogen-bond acceptors (Lipinski definition) is 2. The summed E-state index contributed by atoms with van der Waals surface area (Å²) in [7, 11) is 0. The van der Waals surface area contributed by atoms with Crippen LogP contribution < -0.4 is 5.32 Å². The molecule has 1 amide bonds. The second kappa shape index (κ2) is 7.57. The van der Waals surface area contributed by atoms with Gasteiger partial charge in [0.25, 0.3) is 0 Å². The molecule has 5 heteroatoms. The van der Waals surface area contributed by atoms with Crippen LogP contribution in [0.3, 0.4) is 0 Å². The number of rotatable bonds is 4. The van der Waals surface area contributed by atoms with Crippen molar-refractivity contribution in [3.05, 3.63) is 40.7 Å². The summed E-state index contributed by atoms with van der Waals surface area (Å²) in [5, 5.41) is 12.3. The Morgan fingerprint density at radius 2 is 2.19 bits per heavy atom. The van der Waals surface area contributed by atoms with Gasteiger partial charge in [-0.1, -0.05) is 30.5 Å². The SMILES string of the molecule is O=C(/C=C/c1ccc(F)c(Cl)c1)NC1CCCCC1CO. The highest BCUT2D eigenvalue weighted by Crippen LogP contribution is 2.24. The molecule has 2 unspecified atom stereocenters. The first-order chi connectivity index (χ1) is 10.1. The van der Waals surface area contributed by atoms with Gasteiger partial charge in [-0.15, -0.1) is 0 Å². The van der Waals surface area contributed by atoms with Crippen molar-refractivity contribution in [1.82, 2.24) is 5.32 Å². The standard InChI is InChI=1S/C16H19ClFNO2/c17-13-9-11(5-7-14(13)18)6-8-16(21)19-15-4-2-1-3-12(15)10-20/h5-9,12,15,20H,1-4,10H2,(H,19,21)/b8-6+. The van der Waals surface area contributed by atoms with E-state index in [0.29, 0.717) is 5.56 Å². The molecule has 0 bridgehead atoms. The average Bonchev–Trinajstić information content (AvgIpc) is 2.49. The van der Waals surface area contributed by atoms with Crippen molar-refractivity contribution in [3.8, 4) is 0 Å². The molecule has 0 saturated heterocycles. The van der Waals surface area contributed by atoms with Crippen LogP contribution in [0.1, 0.15) is 31.2 Å². The first kappa shape index (κ1) is 16.0. The third kappa shape index (κ3) is 4.55. The van der Waals surface area contributed by atoms with Gasteiger partial charge in [0.1, 0.15) is 5.82 Å². The molecule has 1 aromatic rings. The summed E-state index contributed by atoms with van der Waals surface area (Å²) in [6.45, 7) is 0.0994. The van der Waals surface area contributed by atoms with Crippen LogP contribution in [0.25, 0.3) is 6.08 Å². The fourth-order valence-corrected chi connectivity index (χ4v) is 2.82. The Labute approximate surface area is 128 Å². The van der Waals surface area contributed by atoms with Crippen molar-refractivity contribution in [3.63, 3.8) is 0 Å². The van der Waals surface area contributed by atoms with E-state index in [0.717, 1.165) is 25.7 Å². The van der Waals surface area contributed by atoms with E-state index >= 15 is 0 Å². The third-order valence-electron chi connectivity index (χ3n) is 3.84. The van der Waals surface area contributed by atoms with E-state index in [1.165, 1.54) is 18.2 Å². The van der Waals surface area contributed by atoms with Crippen LogP contribution in [0.5, 0.6) is 0 Å². The molecule has 1 aromatic carbocycles. The zero-order chi connectivity index (χ0) is 15.2. The Morgan fingerprint density at radius 3 is 2.90 bits per heavy atom. The number of halogens is 2. The van der Waals surface area contributed by atoms with Gasteiger partial charge >= 0.3 is 0 Å². The van der Waals surface area contributed by atoms with E-state index in [1.54, 1.807) is 12.1 Å². The van der Waals surface area contributed by atoms with Crippen LogP contribution in [0.2, 0.25) is 5.02 Å². The molecule has 0 aromatic heterocycles. The molecular weight excluding hydrogens is 293 g/mol. The lowest BCUT2D eigenvalue weighted by molar-refractivity contribution is -0.117. The molecule has 2 N–H and O–H groups in total. The van der Waals surface area contributed by atoms with Crippen molar-refractivity contribution < 1.29 is 14.3 Å². The van der Waals surface area contributed by atoms with Crippen molar-refractivity contribution in [2.24, 2.45) is 5.92 Å². The molecule has 1 aliphatic rings. The molecule has 0 aliphatic heterocycles. The van der Waals surface area contributed by atoms with Gasteiger partial charge < -0.3 is 10.4 Å². The first-order valence-electron chi connectivity index (χ1n) is 7.14. The molecule has 2 atom stereocenters. The van der Waals surface area contributed by atoms with Gasteiger partial charge in [0.15, 0.2) is 0 Å². The molecule has 1 saturated carbocycles. The van der Waals surface area contributed by atoms with Crippen LogP contribution in [0, 0.1) is 11.7 Å². The monoisotopic (exact) mass is 311 g/mol. The van der Waals surface area contributed by atoms with Gasteiger partial charge in [-0.25, -0.2) is 4.39 Å². The molecule has 2 rings (SSSR count). The Hall–Kier alpha value is -1.39. The van der Waals surface area contributed by atoms with E-state index in [4.69, 9.17) is 11.6 Å². The molecule has 114 valence electrons. The van der Waals surface area contributed by atoms with E-state index in [2.05, 4.69) is 5.32 Å². The van der Waals surface area contributed by atoms with Crippen LogP contribution in [0.15, 0.2) is 24.3 Å². The molecule has 1 fully saturated rings. The number of hydrogen-bond donors (Lipinski definition) is 2.